The van der Waals surface area contributed by atoms with Gasteiger partial charge < -0.3 is 5.11 Å². The summed E-state index contributed by atoms with van der Waals surface area (Å²) in [5.41, 5.74) is 4.87. The number of phenolic OH excluding ortho intramolecular Hbond substituents is 1. The maximum absolute atomic E-state index is 11.1. The molecule has 5 aromatic rings. The molecule has 4 aromatic carbocycles. The Morgan fingerprint density at radius 1 is 0.654 bits per heavy atom. The number of benzene rings is 4. The fourth-order valence-corrected chi connectivity index (χ4v) is 3.75. The highest BCUT2D eigenvalue weighted by atomic mass is 127. The number of aromatic hydroxyl groups is 1. The van der Waals surface area contributed by atoms with Crippen LogP contribution in [0.1, 0.15) is 0 Å². The lowest BCUT2D eigenvalue weighted by Crippen LogP contribution is -1.93. The highest BCUT2D eigenvalue weighted by Crippen LogP contribution is 2.42. The molecule has 1 N–H and O–H groups in total. The van der Waals surface area contributed by atoms with Crippen LogP contribution in [0.5, 0.6) is 5.75 Å². The average Bonchev–Trinajstić information content (AvgIpc) is 2.68. The zero-order chi connectivity index (χ0) is 17.7. The molecule has 0 aliphatic carbocycles. The molecule has 1 heterocycles. The van der Waals surface area contributed by atoms with Gasteiger partial charge in [0, 0.05) is 14.3 Å². The number of para-hydroxylation sites is 2. The molecule has 0 atom stereocenters. The van der Waals surface area contributed by atoms with E-state index in [1.807, 2.05) is 72.8 Å². The second-order valence-corrected chi connectivity index (χ2v) is 7.43. The van der Waals surface area contributed by atoms with Crippen LogP contribution >= 0.6 is 22.6 Å². The average molecular weight is 448 g/mol. The molecule has 0 fully saturated rings. The minimum atomic E-state index is 0.249. The van der Waals surface area contributed by atoms with Crippen molar-refractivity contribution in [3.63, 3.8) is 0 Å². The van der Waals surface area contributed by atoms with Crippen molar-refractivity contribution in [3.05, 3.63) is 76.4 Å². The number of nitrogens with zero attached hydrogens (tertiary/aromatic N) is 2. The molecular weight excluding hydrogens is 435 g/mol. The van der Waals surface area contributed by atoms with E-state index in [0.717, 1.165) is 47.5 Å². The van der Waals surface area contributed by atoms with E-state index in [-0.39, 0.29) is 5.75 Å². The van der Waals surface area contributed by atoms with Crippen LogP contribution in [0.4, 0.5) is 0 Å². The molecule has 0 saturated carbocycles. The first kappa shape index (κ1) is 15.5. The molecule has 4 heteroatoms. The van der Waals surface area contributed by atoms with Crippen molar-refractivity contribution in [2.75, 3.05) is 0 Å². The largest absolute Gasteiger partial charge is 0.507 e. The first-order chi connectivity index (χ1) is 12.7. The molecule has 0 unspecified atom stereocenters. The molecule has 1 aromatic heterocycles. The molecular formula is C22H13IN2O. The summed E-state index contributed by atoms with van der Waals surface area (Å²) in [6, 6.07) is 23.7. The van der Waals surface area contributed by atoms with Gasteiger partial charge in [0.25, 0.3) is 0 Å². The van der Waals surface area contributed by atoms with Gasteiger partial charge in [0.15, 0.2) is 0 Å². The molecule has 0 spiro atoms. The Morgan fingerprint density at radius 3 is 1.92 bits per heavy atom. The van der Waals surface area contributed by atoms with Crippen LogP contribution in [0.15, 0.2) is 72.8 Å². The number of hydrogen-bond donors (Lipinski definition) is 1. The standard InChI is InChI=1S/C22H13IN2O/c23-14-11-9-13(10-12-14)19-21-20(15-5-1-2-6-16(15)22(19)26)24-17-7-3-4-8-18(17)25-21/h1-12,26H. The predicted molar refractivity (Wildman–Crippen MR) is 114 cm³/mol. The Labute approximate surface area is 163 Å². The molecule has 0 saturated heterocycles. The fraction of sp³-hybridized carbons (Fsp3) is 0. The quantitative estimate of drug-likeness (QED) is 0.197. The number of rotatable bonds is 1. The van der Waals surface area contributed by atoms with Gasteiger partial charge in [-0.25, -0.2) is 9.97 Å². The zero-order valence-electron chi connectivity index (χ0n) is 13.6. The van der Waals surface area contributed by atoms with Crippen LogP contribution in [0.3, 0.4) is 0 Å². The van der Waals surface area contributed by atoms with E-state index < -0.39 is 0 Å². The number of hydrogen-bond acceptors (Lipinski definition) is 3. The van der Waals surface area contributed by atoms with Gasteiger partial charge in [0.2, 0.25) is 0 Å². The number of phenols is 1. The Balaban J connectivity index is 2.02. The summed E-state index contributed by atoms with van der Waals surface area (Å²) >= 11 is 2.28. The molecule has 26 heavy (non-hydrogen) atoms. The van der Waals surface area contributed by atoms with Crippen LogP contribution in [0, 0.1) is 3.57 Å². The molecule has 0 aliphatic heterocycles. The summed E-state index contributed by atoms with van der Waals surface area (Å²) < 4.78 is 1.15. The minimum Gasteiger partial charge on any atom is -0.507 e. The maximum atomic E-state index is 11.1. The van der Waals surface area contributed by atoms with Crippen LogP contribution in [0.25, 0.3) is 44.0 Å². The van der Waals surface area contributed by atoms with Gasteiger partial charge in [-0.1, -0.05) is 48.5 Å². The number of halogens is 1. The van der Waals surface area contributed by atoms with Crippen molar-refractivity contribution in [3.8, 4) is 16.9 Å². The second-order valence-electron chi connectivity index (χ2n) is 6.19. The van der Waals surface area contributed by atoms with Crippen molar-refractivity contribution in [1.29, 1.82) is 0 Å². The predicted octanol–water partition coefficient (Wildman–Crippen LogP) is 5.91. The Morgan fingerprint density at radius 2 is 1.23 bits per heavy atom. The Bertz CT molecular complexity index is 1300. The third kappa shape index (κ3) is 2.33. The lowest BCUT2D eigenvalue weighted by Gasteiger charge is -2.13. The highest BCUT2D eigenvalue weighted by Gasteiger charge is 2.18. The minimum absolute atomic E-state index is 0.249. The summed E-state index contributed by atoms with van der Waals surface area (Å²) in [7, 11) is 0. The molecule has 5 rings (SSSR count). The Hall–Kier alpha value is -2.73. The summed E-state index contributed by atoms with van der Waals surface area (Å²) in [5.74, 6) is 0.249. The van der Waals surface area contributed by atoms with Crippen molar-refractivity contribution in [1.82, 2.24) is 9.97 Å². The van der Waals surface area contributed by atoms with Gasteiger partial charge in [-0.3, -0.25) is 0 Å². The first-order valence-corrected chi connectivity index (χ1v) is 9.36. The van der Waals surface area contributed by atoms with Gasteiger partial charge in [-0.15, -0.1) is 0 Å². The van der Waals surface area contributed by atoms with Crippen molar-refractivity contribution < 1.29 is 5.11 Å². The molecule has 3 nitrogen and oxygen atoms in total. The van der Waals surface area contributed by atoms with E-state index in [2.05, 4.69) is 22.6 Å². The normalized spacial score (nSPS) is 11.4. The Kier molecular flexibility index (Phi) is 3.53. The van der Waals surface area contributed by atoms with Crippen molar-refractivity contribution in [2.24, 2.45) is 0 Å². The summed E-state index contributed by atoms with van der Waals surface area (Å²) in [6.45, 7) is 0. The lowest BCUT2D eigenvalue weighted by molar-refractivity contribution is 0.484. The second kappa shape index (κ2) is 5.92. The fourth-order valence-electron chi connectivity index (χ4n) is 3.40. The topological polar surface area (TPSA) is 46.0 Å². The molecule has 0 amide bonds. The van der Waals surface area contributed by atoms with Gasteiger partial charge >= 0.3 is 0 Å². The van der Waals surface area contributed by atoms with E-state index in [1.54, 1.807) is 0 Å². The van der Waals surface area contributed by atoms with Crippen LogP contribution < -0.4 is 0 Å². The monoisotopic (exact) mass is 448 g/mol. The van der Waals surface area contributed by atoms with Gasteiger partial charge in [0.1, 0.15) is 11.3 Å². The van der Waals surface area contributed by atoms with Crippen LogP contribution in [0.2, 0.25) is 0 Å². The van der Waals surface area contributed by atoms with Crippen molar-refractivity contribution >= 4 is 55.4 Å². The van der Waals surface area contributed by atoms with E-state index in [9.17, 15) is 5.11 Å². The SMILES string of the molecule is Oc1c(-c2ccc(I)cc2)c2nc3ccccc3nc2c2ccccc12. The first-order valence-electron chi connectivity index (χ1n) is 8.28. The van der Waals surface area contributed by atoms with Gasteiger partial charge in [0.05, 0.1) is 22.1 Å². The van der Waals surface area contributed by atoms with Crippen molar-refractivity contribution in [2.45, 2.75) is 0 Å². The lowest BCUT2D eigenvalue weighted by atomic mass is 9.97. The van der Waals surface area contributed by atoms with Gasteiger partial charge in [-0.05, 0) is 52.4 Å². The number of aromatic nitrogens is 2. The van der Waals surface area contributed by atoms with E-state index in [4.69, 9.17) is 9.97 Å². The molecule has 0 aliphatic rings. The maximum Gasteiger partial charge on any atom is 0.133 e. The molecule has 0 radical (unpaired) electrons. The van der Waals surface area contributed by atoms with E-state index in [1.165, 1.54) is 0 Å². The van der Waals surface area contributed by atoms with E-state index in [0.29, 0.717) is 0 Å². The third-order valence-electron chi connectivity index (χ3n) is 4.61. The summed E-state index contributed by atoms with van der Waals surface area (Å²) in [4.78, 5) is 9.74. The van der Waals surface area contributed by atoms with E-state index >= 15 is 0 Å². The molecule has 0 bridgehead atoms. The third-order valence-corrected chi connectivity index (χ3v) is 5.33. The highest BCUT2D eigenvalue weighted by molar-refractivity contribution is 14.1. The number of fused-ring (bicyclic) bond motifs is 4. The van der Waals surface area contributed by atoms with Gasteiger partial charge in [-0.2, -0.15) is 0 Å². The summed E-state index contributed by atoms with van der Waals surface area (Å²) in [5, 5.41) is 12.8. The summed E-state index contributed by atoms with van der Waals surface area (Å²) in [6.07, 6.45) is 0. The molecule has 124 valence electrons. The van der Waals surface area contributed by atoms with Crippen LogP contribution in [-0.2, 0) is 0 Å². The smallest absolute Gasteiger partial charge is 0.133 e. The van der Waals surface area contributed by atoms with Crippen LogP contribution in [-0.4, -0.2) is 15.1 Å². The zero-order valence-corrected chi connectivity index (χ0v) is 15.8.